The molecule has 10 atom stereocenters. The molecule has 2 fully saturated rings. The highest BCUT2D eigenvalue weighted by Crippen LogP contribution is 2.34. The third-order valence-electron chi connectivity index (χ3n) is 8.45. The molecule has 6 rings (SSSR count). The smallest absolute Gasteiger partial charge is 0.303 e. The molecule has 0 bridgehead atoms. The Morgan fingerprint density at radius 3 is 2.05 bits per heavy atom. The van der Waals surface area contributed by atoms with Crippen molar-refractivity contribution in [1.82, 2.24) is 39.0 Å². The van der Waals surface area contributed by atoms with Crippen LogP contribution in [0.4, 0.5) is 0 Å². The molecule has 2 saturated heterocycles. The second-order valence-corrected chi connectivity index (χ2v) is 12.8. The Labute approximate surface area is 316 Å². The van der Waals surface area contributed by atoms with Gasteiger partial charge in [-0.25, -0.2) is 29.9 Å². The van der Waals surface area contributed by atoms with E-state index >= 15 is 0 Å². The summed E-state index contributed by atoms with van der Waals surface area (Å²) in [6.45, 7) is 3.85. The average Bonchev–Trinajstić information content (AvgIpc) is 3.72. The lowest BCUT2D eigenvalue weighted by Gasteiger charge is -2.32. The highest BCUT2D eigenvalue weighted by atomic mass is 35.5. The molecule has 6 heterocycles. The summed E-state index contributed by atoms with van der Waals surface area (Å²) in [6, 6.07) is 0. The molecule has 0 saturated carbocycles. The third kappa shape index (κ3) is 9.83. The maximum Gasteiger partial charge on any atom is 0.303 e. The predicted octanol–water partition coefficient (Wildman–Crippen LogP) is -0.686. The highest BCUT2D eigenvalue weighted by molar-refractivity contribution is 6.33. The summed E-state index contributed by atoms with van der Waals surface area (Å²) in [5.74, 6) is -2.70. The molecular formula is C32H39ClN8O14. The number of aliphatic hydroxyl groups is 4. The van der Waals surface area contributed by atoms with Gasteiger partial charge in [0.1, 0.15) is 73.3 Å². The van der Waals surface area contributed by atoms with Crippen molar-refractivity contribution in [3.05, 3.63) is 36.7 Å². The number of halogens is 1. The average molecular weight is 795 g/mol. The van der Waals surface area contributed by atoms with Crippen LogP contribution in [-0.2, 0) is 47.6 Å². The quantitative estimate of drug-likeness (QED) is 0.0975. The fourth-order valence-corrected chi connectivity index (χ4v) is 6.27. The van der Waals surface area contributed by atoms with Crippen LogP contribution in [0.3, 0.4) is 0 Å². The Hall–Kier alpha value is -4.97. The molecule has 2 aliphatic heterocycles. The number of aromatic nitrogens is 8. The number of hydrogen-bond donors (Lipinski definition) is 4. The van der Waals surface area contributed by atoms with Gasteiger partial charge < -0.3 is 48.8 Å². The van der Waals surface area contributed by atoms with Gasteiger partial charge >= 0.3 is 23.9 Å². The SMILES string of the molecule is CC(=O)OC[C@H]1O[C@H](n2cnc3c(Cl)ncnc32)C[C@H](OC(C)=O)[C@H](OC(C)=O)[C@@H]1OC(C)=O.OC[C@H]1O[C@H](n2cnc3cncnc32)C[C@H](O)[C@H](O)[C@@H]1O. The fourth-order valence-electron chi connectivity index (χ4n) is 6.09. The fraction of sp³-hybridized carbons (Fsp3) is 0.562. The monoisotopic (exact) mass is 794 g/mol. The van der Waals surface area contributed by atoms with Crippen LogP contribution < -0.4 is 0 Å². The zero-order chi connectivity index (χ0) is 40.0. The molecule has 0 spiro atoms. The first-order valence-electron chi connectivity index (χ1n) is 16.7. The van der Waals surface area contributed by atoms with Crippen LogP contribution in [0.2, 0.25) is 5.15 Å². The number of nitrogens with zero attached hydrogens (tertiary/aromatic N) is 8. The standard InChI is InChI=1S/C20H23ClN4O9.C12H16N4O5/c1-9(26)30-6-14-18(33-12(4)29)17(32-11(3)28)13(31-10(2)27)5-15(34-14)25-8-24-16-19(21)22-7-23-20(16)25;17-3-8-11(20)10(19)7(18)1-9(21-8)16-5-15-6-2-13-4-14-12(6)16/h7-8,13-15,17-18H,5-6H2,1-4H3;2,4-5,7-11,17-20H,1,3H2/t13-,14+,15-,17-,18+;7-,8+,9-,10-,11+/m00/s1. The van der Waals surface area contributed by atoms with Crippen molar-refractivity contribution < 1.29 is 68.0 Å². The number of aliphatic hydroxyl groups excluding tert-OH is 4. The highest BCUT2D eigenvalue weighted by Gasteiger charge is 2.48. The molecule has 298 valence electrons. The topological polar surface area (TPSA) is 292 Å². The summed E-state index contributed by atoms with van der Waals surface area (Å²) >= 11 is 6.10. The molecule has 0 unspecified atom stereocenters. The Morgan fingerprint density at radius 1 is 0.764 bits per heavy atom. The molecule has 4 N–H and O–H groups in total. The number of hydrogen-bond acceptors (Lipinski definition) is 20. The van der Waals surface area contributed by atoms with Crippen molar-refractivity contribution in [3.63, 3.8) is 0 Å². The minimum Gasteiger partial charge on any atom is -0.463 e. The van der Waals surface area contributed by atoms with Crippen molar-refractivity contribution in [3.8, 4) is 0 Å². The Balaban J connectivity index is 0.000000235. The van der Waals surface area contributed by atoms with Crippen molar-refractivity contribution in [2.45, 2.75) is 102 Å². The zero-order valence-corrected chi connectivity index (χ0v) is 30.6. The Kier molecular flexibility index (Phi) is 13.6. The lowest BCUT2D eigenvalue weighted by atomic mass is 10.0. The van der Waals surface area contributed by atoms with E-state index in [1.165, 1.54) is 43.7 Å². The molecule has 0 amide bonds. The summed E-state index contributed by atoms with van der Waals surface area (Å²) in [6.07, 6.45) is -4.38. The van der Waals surface area contributed by atoms with Crippen LogP contribution in [0.1, 0.15) is 53.0 Å². The minimum absolute atomic E-state index is 0.0319. The minimum atomic E-state index is -1.39. The van der Waals surface area contributed by atoms with Crippen LogP contribution in [0.25, 0.3) is 22.3 Å². The Bertz CT molecular complexity index is 1980. The van der Waals surface area contributed by atoms with Crippen LogP contribution in [0.15, 0.2) is 31.5 Å². The Morgan fingerprint density at radius 2 is 1.38 bits per heavy atom. The normalized spacial score (nSPS) is 28.2. The van der Waals surface area contributed by atoms with E-state index in [1.54, 1.807) is 10.8 Å². The first kappa shape index (κ1) is 41.2. The number of carbonyl (C=O) groups is 4. The van der Waals surface area contributed by atoms with E-state index in [1.807, 2.05) is 0 Å². The first-order chi connectivity index (χ1) is 26.2. The van der Waals surface area contributed by atoms with Gasteiger partial charge in [-0.05, 0) is 0 Å². The van der Waals surface area contributed by atoms with Gasteiger partial charge in [0, 0.05) is 40.5 Å². The maximum absolute atomic E-state index is 11.9. The number of esters is 4. The molecule has 0 radical (unpaired) electrons. The van der Waals surface area contributed by atoms with Gasteiger partial charge in [0.05, 0.1) is 31.6 Å². The van der Waals surface area contributed by atoms with Gasteiger partial charge in [0.15, 0.2) is 28.7 Å². The summed E-state index contributed by atoms with van der Waals surface area (Å²) in [5.41, 5.74) is 1.67. The molecule has 4 aromatic heterocycles. The second-order valence-electron chi connectivity index (χ2n) is 12.4. The summed E-state index contributed by atoms with van der Waals surface area (Å²) < 4.78 is 36.3. The van der Waals surface area contributed by atoms with Crippen LogP contribution in [0, 0.1) is 0 Å². The summed E-state index contributed by atoms with van der Waals surface area (Å²) in [5, 5.41) is 39.0. The molecule has 2 aliphatic rings. The summed E-state index contributed by atoms with van der Waals surface area (Å²) in [7, 11) is 0. The molecule has 0 aliphatic carbocycles. The molecule has 4 aromatic rings. The van der Waals surface area contributed by atoms with Crippen molar-refractivity contribution in [2.75, 3.05) is 13.2 Å². The van der Waals surface area contributed by atoms with Crippen LogP contribution in [-0.4, -0.2) is 145 Å². The number of imidazole rings is 2. The van der Waals surface area contributed by atoms with Crippen LogP contribution in [0.5, 0.6) is 0 Å². The zero-order valence-electron chi connectivity index (χ0n) is 29.8. The van der Waals surface area contributed by atoms with Crippen LogP contribution >= 0.6 is 11.6 Å². The number of carbonyl (C=O) groups excluding carboxylic acids is 4. The van der Waals surface area contributed by atoms with Crippen molar-refractivity contribution in [1.29, 1.82) is 0 Å². The number of ether oxygens (including phenoxy) is 6. The molecule has 22 nitrogen and oxygen atoms in total. The molecular weight excluding hydrogens is 756 g/mol. The largest absolute Gasteiger partial charge is 0.463 e. The molecule has 0 aromatic carbocycles. The van der Waals surface area contributed by atoms with Gasteiger partial charge in [-0.15, -0.1) is 0 Å². The van der Waals surface area contributed by atoms with Crippen molar-refractivity contribution in [2.24, 2.45) is 0 Å². The van der Waals surface area contributed by atoms with E-state index in [-0.39, 0.29) is 24.6 Å². The van der Waals surface area contributed by atoms with E-state index in [2.05, 4.69) is 29.9 Å². The van der Waals surface area contributed by atoms with Crippen molar-refractivity contribution >= 4 is 57.8 Å². The van der Waals surface area contributed by atoms with E-state index in [4.69, 9.17) is 40.0 Å². The van der Waals surface area contributed by atoms with E-state index < -0.39 is 91.8 Å². The first-order valence-corrected chi connectivity index (χ1v) is 17.1. The predicted molar refractivity (Wildman–Crippen MR) is 181 cm³/mol. The van der Waals surface area contributed by atoms with Gasteiger partial charge in [-0.3, -0.25) is 28.3 Å². The van der Waals surface area contributed by atoms with E-state index in [0.717, 1.165) is 13.8 Å². The van der Waals surface area contributed by atoms with Gasteiger partial charge in [0.25, 0.3) is 0 Å². The maximum atomic E-state index is 11.9. The van der Waals surface area contributed by atoms with Gasteiger partial charge in [-0.1, -0.05) is 11.6 Å². The van der Waals surface area contributed by atoms with E-state index in [0.29, 0.717) is 22.3 Å². The molecule has 55 heavy (non-hydrogen) atoms. The summed E-state index contributed by atoms with van der Waals surface area (Å²) in [4.78, 5) is 71.6. The van der Waals surface area contributed by atoms with E-state index in [9.17, 15) is 39.6 Å². The lowest BCUT2D eigenvalue weighted by Crippen LogP contribution is -2.50. The number of rotatable bonds is 8. The number of fused-ring (bicyclic) bond motifs is 2. The lowest BCUT2D eigenvalue weighted by molar-refractivity contribution is -0.194. The second kappa shape index (κ2) is 18.1. The molecule has 23 heteroatoms. The van der Waals surface area contributed by atoms with Gasteiger partial charge in [-0.2, -0.15) is 0 Å². The third-order valence-corrected chi connectivity index (χ3v) is 8.72. The van der Waals surface area contributed by atoms with Gasteiger partial charge in [0.2, 0.25) is 0 Å².